The second kappa shape index (κ2) is 29.2. The monoisotopic (exact) mass is 284 g/mol. The molecule has 5 nitrogen and oxygen atoms in total. The number of aliphatic hydroxyl groups excluding tert-OH is 1. The van der Waals surface area contributed by atoms with E-state index < -0.39 is 10.3 Å². The van der Waals surface area contributed by atoms with Gasteiger partial charge in [0.05, 0.1) is 0 Å². The molecule has 0 rings (SSSR count). The summed E-state index contributed by atoms with van der Waals surface area (Å²) in [4.78, 5) is 18.0. The Hall–Kier alpha value is -0.230. The van der Waals surface area contributed by atoms with Crippen LogP contribution in [0.25, 0.3) is 0 Å². The molecule has 0 spiro atoms. The third-order valence-electron chi connectivity index (χ3n) is 0.464. The second-order valence-corrected chi connectivity index (χ2v) is 3.48. The third kappa shape index (κ3) is 249. The van der Waals surface area contributed by atoms with Gasteiger partial charge in [-0.05, 0) is 6.42 Å². The van der Waals surface area contributed by atoms with Gasteiger partial charge >= 0.3 is 5.97 Å². The summed E-state index contributed by atoms with van der Waals surface area (Å²) in [7, 11) is 1.00. The van der Waals surface area contributed by atoms with Crippen molar-refractivity contribution in [1.29, 1.82) is 0 Å². The van der Waals surface area contributed by atoms with Crippen LogP contribution in [0, 0.1) is 0 Å². The minimum Gasteiger partial charge on any atom is -0.483 e. The molecule has 0 heterocycles. The Bertz CT molecular complexity index is 118. The standard InChI is InChI=1S/C4H8O2.CHCl3.CH2O2.CH4O/c1-2-3-4(5)6;2-1(3)4;2-1-3;1-2/h2-3H2,1H3,(H,5,6);1H;1H,(H,2,3);2H,1H3. The number of halogens is 3. The van der Waals surface area contributed by atoms with Gasteiger partial charge < -0.3 is 15.3 Å². The zero-order valence-electron chi connectivity index (χ0n) is 8.36. The lowest BCUT2D eigenvalue weighted by Crippen LogP contribution is -1.90. The molecule has 0 bridgehead atoms. The van der Waals surface area contributed by atoms with E-state index >= 15 is 0 Å². The number of carbonyl (C=O) groups is 2. The fraction of sp³-hybridized carbons (Fsp3) is 0.714. The number of carboxylic acid groups (broad SMARTS) is 2. The molecule has 0 atom stereocenters. The molecule has 0 radical (unpaired) electrons. The summed E-state index contributed by atoms with van der Waals surface area (Å²) in [5, 5.41) is 21.8. The van der Waals surface area contributed by atoms with Crippen LogP contribution in [0.4, 0.5) is 0 Å². The molecule has 0 aliphatic heterocycles. The van der Waals surface area contributed by atoms with Crippen LogP contribution < -0.4 is 0 Å². The maximum absolute atomic E-state index is 9.60. The molecule has 0 fully saturated rings. The number of hydrogen-bond donors (Lipinski definition) is 3. The van der Waals surface area contributed by atoms with Crippen molar-refractivity contribution in [2.45, 2.75) is 24.1 Å². The Morgan fingerprint density at radius 3 is 1.53 bits per heavy atom. The van der Waals surface area contributed by atoms with E-state index in [1.165, 1.54) is 0 Å². The highest BCUT2D eigenvalue weighted by molar-refractivity contribution is 6.63. The summed E-state index contributed by atoms with van der Waals surface area (Å²) in [6.45, 7) is 1.59. The van der Waals surface area contributed by atoms with Gasteiger partial charge in [0, 0.05) is 13.5 Å². The summed E-state index contributed by atoms with van der Waals surface area (Å²) in [5.41, 5.74) is 0. The van der Waals surface area contributed by atoms with Crippen LogP contribution in [0.3, 0.4) is 0 Å². The quantitative estimate of drug-likeness (QED) is 0.534. The molecule has 8 heteroatoms. The molecule has 0 amide bonds. The van der Waals surface area contributed by atoms with E-state index in [0.717, 1.165) is 13.5 Å². The Kier molecular flexibility index (Phi) is 47.0. The Balaban J connectivity index is -0.0000000590. The molecule has 0 saturated carbocycles. The first kappa shape index (κ1) is 24.1. The highest BCUT2D eigenvalue weighted by atomic mass is 35.6. The van der Waals surface area contributed by atoms with Gasteiger partial charge in [-0.15, -0.1) is 0 Å². The van der Waals surface area contributed by atoms with Crippen LogP contribution in [0.2, 0.25) is 0 Å². The van der Waals surface area contributed by atoms with Gasteiger partial charge in [-0.3, -0.25) is 9.59 Å². The van der Waals surface area contributed by atoms with E-state index in [0.29, 0.717) is 6.42 Å². The van der Waals surface area contributed by atoms with Crippen molar-refractivity contribution >= 4 is 47.2 Å². The zero-order valence-corrected chi connectivity index (χ0v) is 10.6. The molecule has 3 N–H and O–H groups in total. The third-order valence-corrected chi connectivity index (χ3v) is 0.464. The summed E-state index contributed by atoms with van der Waals surface area (Å²) >= 11 is 14.4. The SMILES string of the molecule is CCCC(=O)O.CO.ClC(Cl)Cl.O=CO. The highest BCUT2D eigenvalue weighted by Crippen LogP contribution is 2.03. The first-order chi connectivity index (χ1) is 6.92. The summed E-state index contributed by atoms with van der Waals surface area (Å²) in [5.74, 6) is -0.711. The van der Waals surface area contributed by atoms with E-state index in [1.807, 2.05) is 6.92 Å². The molecule has 0 saturated heterocycles. The molecule has 0 aliphatic rings. The Morgan fingerprint density at radius 1 is 1.33 bits per heavy atom. The van der Waals surface area contributed by atoms with Gasteiger partial charge in [0.25, 0.3) is 6.47 Å². The molecule has 94 valence electrons. The Morgan fingerprint density at radius 2 is 1.53 bits per heavy atom. The average molecular weight is 286 g/mol. The van der Waals surface area contributed by atoms with E-state index in [1.54, 1.807) is 0 Å². The van der Waals surface area contributed by atoms with E-state index in [-0.39, 0.29) is 6.47 Å². The molecular weight excluding hydrogens is 270 g/mol. The fourth-order valence-corrected chi connectivity index (χ4v) is 0.214. The lowest BCUT2D eigenvalue weighted by molar-refractivity contribution is -0.137. The van der Waals surface area contributed by atoms with Crippen LogP contribution in [-0.2, 0) is 9.59 Å². The van der Waals surface area contributed by atoms with Crippen LogP contribution >= 0.6 is 34.8 Å². The molecule has 0 aromatic carbocycles. The van der Waals surface area contributed by atoms with Crippen molar-refractivity contribution < 1.29 is 24.9 Å². The lowest BCUT2D eigenvalue weighted by Gasteiger charge is -1.79. The van der Waals surface area contributed by atoms with Gasteiger partial charge in [-0.1, -0.05) is 41.7 Å². The smallest absolute Gasteiger partial charge is 0.303 e. The predicted molar refractivity (Wildman–Crippen MR) is 60.7 cm³/mol. The molecule has 0 unspecified atom stereocenters. The molecule has 15 heavy (non-hydrogen) atoms. The highest BCUT2D eigenvalue weighted by Gasteiger charge is 1.87. The van der Waals surface area contributed by atoms with Crippen LogP contribution in [-0.4, -0.2) is 39.2 Å². The van der Waals surface area contributed by atoms with Crippen molar-refractivity contribution in [3.63, 3.8) is 0 Å². The Labute approximate surface area is 104 Å². The van der Waals surface area contributed by atoms with Gasteiger partial charge in [0.2, 0.25) is 0 Å². The van der Waals surface area contributed by atoms with Crippen LogP contribution in [0.15, 0.2) is 0 Å². The maximum Gasteiger partial charge on any atom is 0.303 e. The lowest BCUT2D eigenvalue weighted by atomic mass is 10.4. The van der Waals surface area contributed by atoms with Gasteiger partial charge in [0.1, 0.15) is 0 Å². The van der Waals surface area contributed by atoms with Gasteiger partial charge in [0.15, 0.2) is 4.30 Å². The van der Waals surface area contributed by atoms with E-state index in [2.05, 4.69) is 0 Å². The van der Waals surface area contributed by atoms with Crippen molar-refractivity contribution in [3.8, 4) is 0 Å². The number of rotatable bonds is 2. The first-order valence-corrected chi connectivity index (χ1v) is 4.89. The minimum absolute atomic E-state index is 0.250. The van der Waals surface area contributed by atoms with Crippen LogP contribution in [0.1, 0.15) is 19.8 Å². The number of hydrogen-bond acceptors (Lipinski definition) is 3. The summed E-state index contributed by atoms with van der Waals surface area (Å²) in [6, 6.07) is 0. The minimum atomic E-state index is -0.750. The van der Waals surface area contributed by atoms with Crippen molar-refractivity contribution in [1.82, 2.24) is 0 Å². The maximum atomic E-state index is 9.60. The van der Waals surface area contributed by atoms with Crippen molar-refractivity contribution in [2.24, 2.45) is 0 Å². The largest absolute Gasteiger partial charge is 0.483 e. The molecule has 0 aliphatic carbocycles. The van der Waals surface area contributed by atoms with Gasteiger partial charge in [-0.25, -0.2) is 0 Å². The van der Waals surface area contributed by atoms with E-state index in [4.69, 9.17) is 54.9 Å². The van der Waals surface area contributed by atoms with Crippen molar-refractivity contribution in [2.75, 3.05) is 7.11 Å². The van der Waals surface area contributed by atoms with Crippen LogP contribution in [0.5, 0.6) is 0 Å². The number of alkyl halides is 3. The normalized spacial score (nSPS) is 6.87. The number of aliphatic carboxylic acids is 1. The molecular formula is C7H15Cl3O5. The molecule has 0 aromatic heterocycles. The summed E-state index contributed by atoms with van der Waals surface area (Å²) in [6.07, 6.45) is 1.02. The number of aliphatic hydroxyl groups is 1. The molecule has 0 aromatic rings. The number of carboxylic acids is 1. The predicted octanol–water partition coefficient (Wildman–Crippen LogP) is 2.17. The zero-order chi connectivity index (χ0) is 13.3. The average Bonchev–Trinajstić information content (AvgIpc) is 2.07. The second-order valence-electron chi connectivity index (χ2n) is 1.50. The fourth-order valence-electron chi connectivity index (χ4n) is 0.214. The van der Waals surface area contributed by atoms with E-state index in [9.17, 15) is 4.79 Å². The van der Waals surface area contributed by atoms with Crippen molar-refractivity contribution in [3.05, 3.63) is 0 Å². The first-order valence-electron chi connectivity index (χ1n) is 3.58. The summed E-state index contributed by atoms with van der Waals surface area (Å²) < 4.78 is -0.750. The topological polar surface area (TPSA) is 94.8 Å². The van der Waals surface area contributed by atoms with Gasteiger partial charge in [-0.2, -0.15) is 0 Å².